The Morgan fingerprint density at radius 3 is 0.977 bits per heavy atom. The normalized spacial score (nSPS) is 14.1. The molecule has 0 saturated heterocycles. The second kappa shape index (κ2) is 43.7. The summed E-state index contributed by atoms with van der Waals surface area (Å²) in [7, 11) is 1.62. The molecule has 0 heterocycles. The molecule has 0 aliphatic heterocycles. The van der Waals surface area contributed by atoms with Crippen molar-refractivity contribution in [1.82, 2.24) is 69.1 Å². The van der Waals surface area contributed by atoms with Crippen LogP contribution in [0.25, 0.3) is 0 Å². The van der Waals surface area contributed by atoms with E-state index in [1.807, 2.05) is 27.7 Å². The summed E-state index contributed by atoms with van der Waals surface area (Å²) >= 11 is 4.33. The van der Waals surface area contributed by atoms with E-state index in [1.54, 1.807) is 14.0 Å². The van der Waals surface area contributed by atoms with Crippen molar-refractivity contribution in [3.8, 4) is 0 Å². The molecule has 0 spiro atoms. The molecule has 31 N–H and O–H groups in total. The SMILES string of the molecule is CCC(C)(CCC(=O)N[C@H](CS)C(=O)N[C@H](CCCNC(=N)N)C(=O)N[C@H](CCCNC(=N)N)C(=O)N[C@H](CCCNC(=N)N)C(=O)N[C@H](CCCNC(=N)N)C(=O)N[C@H](CCCNC(=N)N)C(=O)N[C@@H](C)CCCNC(=N)N)OCCC(C)(C)OC. The second-order valence-electron chi connectivity index (χ2n) is 21.8. The zero-order chi connectivity index (χ0) is 66.1. The smallest absolute Gasteiger partial charge is 0.244 e. The van der Waals surface area contributed by atoms with Crippen LogP contribution in [0.3, 0.4) is 0 Å². The van der Waals surface area contributed by atoms with Crippen LogP contribution in [0.15, 0.2) is 0 Å². The van der Waals surface area contributed by atoms with E-state index in [4.69, 9.17) is 76.3 Å². The zero-order valence-electron chi connectivity index (χ0n) is 51.6. The van der Waals surface area contributed by atoms with Gasteiger partial charge in [0.1, 0.15) is 36.3 Å². The Bertz CT molecular complexity index is 2230. The van der Waals surface area contributed by atoms with Crippen LogP contribution in [-0.4, -0.2) is 189 Å². The van der Waals surface area contributed by atoms with Crippen molar-refractivity contribution in [3.63, 3.8) is 0 Å². The maximum Gasteiger partial charge on any atom is 0.244 e. The van der Waals surface area contributed by atoms with Crippen molar-refractivity contribution in [1.29, 1.82) is 32.5 Å². The summed E-state index contributed by atoms with van der Waals surface area (Å²) in [5, 5.41) is 80.4. The van der Waals surface area contributed by atoms with E-state index in [-0.39, 0.29) is 151 Å². The van der Waals surface area contributed by atoms with Crippen LogP contribution in [0, 0.1) is 32.5 Å². The summed E-state index contributed by atoms with van der Waals surface area (Å²) in [4.78, 5) is 99.1. The van der Waals surface area contributed by atoms with Gasteiger partial charge in [0.05, 0.1) is 17.8 Å². The summed E-state index contributed by atoms with van der Waals surface area (Å²) in [6, 6.07) is -8.34. The van der Waals surface area contributed by atoms with Crippen molar-refractivity contribution < 1.29 is 43.0 Å². The monoisotopic (exact) mass is 1260 g/mol. The highest BCUT2D eigenvalue weighted by molar-refractivity contribution is 7.80. The van der Waals surface area contributed by atoms with Gasteiger partial charge in [0.25, 0.3) is 0 Å². The Labute approximate surface area is 516 Å². The average molecular weight is 1260 g/mol. The van der Waals surface area contributed by atoms with E-state index in [9.17, 15) is 33.6 Å². The lowest BCUT2D eigenvalue weighted by Gasteiger charge is -2.31. The highest BCUT2D eigenvalue weighted by Gasteiger charge is 2.34. The molecule has 7 amide bonds. The molecule has 0 aliphatic carbocycles. The number of carbonyl (C=O) groups excluding carboxylic acids is 7. The molecule has 0 radical (unpaired) electrons. The number of nitrogens with one attached hydrogen (secondary N) is 19. The van der Waals surface area contributed by atoms with Gasteiger partial charge in [0.2, 0.25) is 41.4 Å². The van der Waals surface area contributed by atoms with E-state index < -0.39 is 88.8 Å². The zero-order valence-corrected chi connectivity index (χ0v) is 52.5. The Hall–Kier alpha value is -7.82. The maximum atomic E-state index is 14.6. The summed E-state index contributed by atoms with van der Waals surface area (Å²) in [6.07, 6.45) is 3.12. The molecule has 1 unspecified atom stereocenters. The van der Waals surface area contributed by atoms with Gasteiger partial charge in [0.15, 0.2) is 35.8 Å². The van der Waals surface area contributed by atoms with E-state index in [0.29, 0.717) is 45.3 Å². The molecule has 0 aromatic carbocycles. The summed E-state index contributed by atoms with van der Waals surface area (Å²) in [5.74, 6) is -7.27. The molecule has 34 nitrogen and oxygen atoms in total. The van der Waals surface area contributed by atoms with Gasteiger partial charge in [-0.25, -0.2) is 0 Å². The highest BCUT2D eigenvalue weighted by atomic mass is 32.1. The molecule has 8 atom stereocenters. The maximum absolute atomic E-state index is 14.6. The van der Waals surface area contributed by atoms with Gasteiger partial charge in [-0.2, -0.15) is 12.6 Å². The number of hydrogen-bond donors (Lipinski definition) is 26. The summed E-state index contributed by atoms with van der Waals surface area (Å²) in [6.45, 7) is 10.8. The molecule has 0 aromatic heterocycles. The second-order valence-corrected chi connectivity index (χ2v) is 22.1. The van der Waals surface area contributed by atoms with Crippen LogP contribution in [-0.2, 0) is 43.0 Å². The van der Waals surface area contributed by atoms with Crippen molar-refractivity contribution in [3.05, 3.63) is 0 Å². The first-order valence-electron chi connectivity index (χ1n) is 29.3. The standard InChI is InChI=1S/C52H105N25O9S/c1-7-52(5,86-29-22-51(3,4)85-6)21-20-38(78)72-37(30-87)44(84)77-36(19-13-28-70-50(63)64)43(83)76-35(18-12-27-69-49(61)62)42(82)75-34(17-11-26-68-48(59)60)41(81)74-33(16-10-25-67-47(57)58)40(80)73-32(15-9-24-66-46(55)56)39(79)71-31(2)14-8-23-65-45(53)54/h31-37,87H,7-30H2,1-6H3,(H,71,79)(H,72,78)(H,73,80)(H,74,81)(H,75,82)(H,76,83)(H,77,84)(H4,53,54,65)(H4,55,56,66)(H4,57,58,67)(H4,59,60,68)(H4,61,62,69)(H4,63,64,70)/t31-,32+,33+,34+,35+,36+,37+,52?/m0/s1. The first-order chi connectivity index (χ1) is 40.9. The fourth-order valence-electron chi connectivity index (χ4n) is 8.23. The lowest BCUT2D eigenvalue weighted by atomic mass is 9.96. The molecule has 0 rings (SSSR count). The van der Waals surface area contributed by atoms with Crippen LogP contribution in [0.4, 0.5) is 0 Å². The van der Waals surface area contributed by atoms with Crippen LogP contribution in [0.5, 0.6) is 0 Å². The van der Waals surface area contributed by atoms with Crippen molar-refractivity contribution in [2.45, 2.75) is 191 Å². The number of rotatable bonds is 47. The van der Waals surface area contributed by atoms with Crippen LogP contribution in [0.1, 0.15) is 137 Å². The minimum atomic E-state index is -1.43. The van der Waals surface area contributed by atoms with Crippen molar-refractivity contribution >= 4 is 89.7 Å². The number of amides is 7. The molecular formula is C52H105N25O9S. The van der Waals surface area contributed by atoms with Crippen LogP contribution in [0.2, 0.25) is 0 Å². The number of carbonyl (C=O) groups is 7. The first-order valence-corrected chi connectivity index (χ1v) is 29.9. The number of guanidine groups is 6. The fraction of sp³-hybridized carbons (Fsp3) is 0.750. The Balaban J connectivity index is 7.07. The number of methoxy groups -OCH3 is 1. The predicted octanol–water partition coefficient (Wildman–Crippen LogP) is -4.31. The van der Waals surface area contributed by atoms with Gasteiger partial charge in [-0.05, 0) is 124 Å². The molecule has 0 fully saturated rings. The van der Waals surface area contributed by atoms with Gasteiger partial charge >= 0.3 is 0 Å². The minimum Gasteiger partial charge on any atom is -0.379 e. The Morgan fingerprint density at radius 2 is 0.713 bits per heavy atom. The molecule has 0 bridgehead atoms. The number of nitrogens with two attached hydrogens (primary N) is 6. The molecule has 498 valence electrons. The first kappa shape index (κ1) is 79.2. The van der Waals surface area contributed by atoms with Gasteiger partial charge in [-0.3, -0.25) is 66.0 Å². The molecule has 35 heteroatoms. The molecule has 0 aliphatic rings. The third-order valence-electron chi connectivity index (χ3n) is 13.8. The molecule has 87 heavy (non-hydrogen) atoms. The third kappa shape index (κ3) is 38.8. The molecule has 0 saturated carbocycles. The van der Waals surface area contributed by atoms with Gasteiger partial charge in [-0.1, -0.05) is 6.92 Å². The van der Waals surface area contributed by atoms with Crippen LogP contribution >= 0.6 is 12.6 Å². The van der Waals surface area contributed by atoms with E-state index in [2.05, 4.69) is 81.7 Å². The van der Waals surface area contributed by atoms with E-state index >= 15 is 0 Å². The number of hydrogen-bond acceptors (Lipinski definition) is 16. The van der Waals surface area contributed by atoms with Crippen molar-refractivity contribution in [2.75, 3.05) is 58.7 Å². The van der Waals surface area contributed by atoms with E-state index in [1.165, 1.54) is 0 Å². The van der Waals surface area contributed by atoms with E-state index in [0.717, 1.165) is 0 Å². The van der Waals surface area contributed by atoms with Crippen LogP contribution < -0.4 is 104 Å². The lowest BCUT2D eigenvalue weighted by Crippen LogP contribution is -2.60. The van der Waals surface area contributed by atoms with Gasteiger partial charge < -0.3 is 113 Å². The predicted molar refractivity (Wildman–Crippen MR) is 338 cm³/mol. The highest BCUT2D eigenvalue weighted by Crippen LogP contribution is 2.24. The van der Waals surface area contributed by atoms with Gasteiger partial charge in [-0.15, -0.1) is 0 Å². The lowest BCUT2D eigenvalue weighted by molar-refractivity contribution is -0.135. The number of ether oxygens (including phenoxy) is 2. The topological polar surface area (TPSA) is 594 Å². The average Bonchev–Trinajstić information content (AvgIpc) is 3.66. The minimum absolute atomic E-state index is 0.00450. The van der Waals surface area contributed by atoms with Crippen molar-refractivity contribution in [2.24, 2.45) is 34.4 Å². The Kier molecular flexibility index (Phi) is 39.8. The Morgan fingerprint density at radius 1 is 0.437 bits per heavy atom. The van der Waals surface area contributed by atoms with Gasteiger partial charge in [0, 0.05) is 64.6 Å². The fourth-order valence-corrected chi connectivity index (χ4v) is 8.49. The quantitative estimate of drug-likeness (QED) is 0.0119. The molecule has 0 aromatic rings. The summed E-state index contributed by atoms with van der Waals surface area (Å²) < 4.78 is 11.7. The number of thiol groups is 1. The largest absolute Gasteiger partial charge is 0.379 e. The third-order valence-corrected chi connectivity index (χ3v) is 14.1. The molecular weight excluding hydrogens is 1150 g/mol. The summed E-state index contributed by atoms with van der Waals surface area (Å²) in [5.41, 5.74) is 31.8.